The highest BCUT2D eigenvalue weighted by molar-refractivity contribution is 14.0. The Balaban J connectivity index is 0.00000312. The number of carbonyl (C=O) groups is 2. The summed E-state index contributed by atoms with van der Waals surface area (Å²) in [7, 11) is 0. The lowest BCUT2D eigenvalue weighted by atomic mass is 10.1. The molecular weight excluding hydrogens is 440 g/mol. The fraction of sp³-hybridized carbons (Fsp3) is 0.438. The van der Waals surface area contributed by atoms with Crippen molar-refractivity contribution >= 4 is 41.9 Å². The fourth-order valence-electron chi connectivity index (χ4n) is 2.30. The summed E-state index contributed by atoms with van der Waals surface area (Å²) in [6.07, 6.45) is 0.626. The van der Waals surface area contributed by atoms with E-state index in [1.165, 1.54) is 17.0 Å². The number of nitrogens with zero attached hydrogens (tertiary/aromatic N) is 2. The first-order valence-electron chi connectivity index (χ1n) is 7.95. The van der Waals surface area contributed by atoms with Crippen LogP contribution in [0, 0.1) is 5.82 Å². The standard InChI is InChI=1S/C16H22FN5O2.HI/c1-2-18-15(19-7-6-12-4-3-5-13(17)10-12)20-8-9-22-14(23)11-21-16(22)24;/h3-5,10H,2,6-9,11H2,1H3,(H,21,24)(H2,18,19,20);1H. The van der Waals surface area contributed by atoms with Gasteiger partial charge in [-0.3, -0.25) is 14.7 Å². The van der Waals surface area contributed by atoms with Crippen molar-refractivity contribution in [3.8, 4) is 0 Å². The zero-order chi connectivity index (χ0) is 17.4. The minimum absolute atomic E-state index is 0. The predicted molar refractivity (Wildman–Crippen MR) is 105 cm³/mol. The number of hydrogen-bond acceptors (Lipinski definition) is 3. The van der Waals surface area contributed by atoms with Crippen molar-refractivity contribution in [3.05, 3.63) is 35.6 Å². The van der Waals surface area contributed by atoms with E-state index in [1.54, 1.807) is 6.07 Å². The van der Waals surface area contributed by atoms with Crippen LogP contribution in [-0.4, -0.2) is 55.5 Å². The van der Waals surface area contributed by atoms with Gasteiger partial charge in [0.05, 0.1) is 6.54 Å². The van der Waals surface area contributed by atoms with Crippen LogP contribution >= 0.6 is 24.0 Å². The molecule has 0 spiro atoms. The normalized spacial score (nSPS) is 14.2. The van der Waals surface area contributed by atoms with Crippen molar-refractivity contribution in [1.82, 2.24) is 20.9 Å². The maximum atomic E-state index is 13.1. The van der Waals surface area contributed by atoms with Crippen molar-refractivity contribution in [2.24, 2.45) is 4.99 Å². The summed E-state index contributed by atoms with van der Waals surface area (Å²) in [6, 6.07) is 6.07. The minimum Gasteiger partial charge on any atom is -0.357 e. The summed E-state index contributed by atoms with van der Waals surface area (Å²) in [6.45, 7) is 3.88. The molecule has 3 amide bonds. The van der Waals surface area contributed by atoms with Crippen LogP contribution in [0.4, 0.5) is 9.18 Å². The van der Waals surface area contributed by atoms with Gasteiger partial charge in [0.1, 0.15) is 5.82 Å². The van der Waals surface area contributed by atoms with Gasteiger partial charge in [-0.05, 0) is 31.0 Å². The number of urea groups is 1. The highest BCUT2D eigenvalue weighted by atomic mass is 127. The number of halogens is 2. The van der Waals surface area contributed by atoms with Crippen molar-refractivity contribution in [1.29, 1.82) is 0 Å². The molecule has 3 N–H and O–H groups in total. The van der Waals surface area contributed by atoms with Crippen LogP contribution in [0.15, 0.2) is 29.3 Å². The topological polar surface area (TPSA) is 85.8 Å². The summed E-state index contributed by atoms with van der Waals surface area (Å²) in [4.78, 5) is 28.5. The van der Waals surface area contributed by atoms with Gasteiger partial charge < -0.3 is 16.0 Å². The van der Waals surface area contributed by atoms with Crippen LogP contribution in [0.2, 0.25) is 0 Å². The first-order valence-corrected chi connectivity index (χ1v) is 7.95. The van der Waals surface area contributed by atoms with E-state index in [-0.39, 0.29) is 54.8 Å². The van der Waals surface area contributed by atoms with Gasteiger partial charge in [-0.1, -0.05) is 12.1 Å². The number of benzene rings is 1. The molecule has 9 heteroatoms. The first kappa shape index (κ1) is 21.1. The molecular formula is C16H23FIN5O2. The Morgan fingerprint density at radius 2 is 2.16 bits per heavy atom. The molecule has 1 aromatic rings. The lowest BCUT2D eigenvalue weighted by molar-refractivity contribution is -0.124. The number of guanidine groups is 1. The molecule has 0 unspecified atom stereocenters. The molecule has 0 aliphatic carbocycles. The van der Waals surface area contributed by atoms with Gasteiger partial charge in [-0.15, -0.1) is 24.0 Å². The highest BCUT2D eigenvalue weighted by Gasteiger charge is 2.27. The van der Waals surface area contributed by atoms with Gasteiger partial charge in [0, 0.05) is 26.2 Å². The molecule has 1 heterocycles. The van der Waals surface area contributed by atoms with E-state index in [4.69, 9.17) is 0 Å². The van der Waals surface area contributed by atoms with Crippen molar-refractivity contribution < 1.29 is 14.0 Å². The largest absolute Gasteiger partial charge is 0.357 e. The van der Waals surface area contributed by atoms with E-state index in [9.17, 15) is 14.0 Å². The Morgan fingerprint density at radius 3 is 2.80 bits per heavy atom. The van der Waals surface area contributed by atoms with Gasteiger partial charge in [0.15, 0.2) is 5.96 Å². The van der Waals surface area contributed by atoms with Crippen LogP contribution in [0.3, 0.4) is 0 Å². The van der Waals surface area contributed by atoms with Crippen LogP contribution in [0.1, 0.15) is 12.5 Å². The van der Waals surface area contributed by atoms with Gasteiger partial charge in [0.2, 0.25) is 5.91 Å². The summed E-state index contributed by atoms with van der Waals surface area (Å²) in [5.41, 5.74) is 0.883. The fourth-order valence-corrected chi connectivity index (χ4v) is 2.30. The molecule has 0 aromatic heterocycles. The van der Waals surface area contributed by atoms with E-state index in [1.807, 2.05) is 13.0 Å². The number of aliphatic imine (C=N–C) groups is 1. The van der Waals surface area contributed by atoms with E-state index in [0.29, 0.717) is 32.0 Å². The smallest absolute Gasteiger partial charge is 0.324 e. The van der Waals surface area contributed by atoms with Gasteiger partial charge in [-0.2, -0.15) is 0 Å². The second-order valence-corrected chi connectivity index (χ2v) is 5.27. The Morgan fingerprint density at radius 1 is 1.36 bits per heavy atom. The molecule has 0 radical (unpaired) electrons. The summed E-state index contributed by atoms with van der Waals surface area (Å²) in [5, 5.41) is 8.64. The van der Waals surface area contributed by atoms with E-state index in [0.717, 1.165) is 5.56 Å². The molecule has 2 rings (SSSR count). The van der Waals surface area contributed by atoms with E-state index < -0.39 is 0 Å². The molecule has 138 valence electrons. The van der Waals surface area contributed by atoms with Gasteiger partial charge >= 0.3 is 6.03 Å². The first-order chi connectivity index (χ1) is 11.6. The maximum Gasteiger partial charge on any atom is 0.324 e. The zero-order valence-electron chi connectivity index (χ0n) is 14.0. The van der Waals surface area contributed by atoms with Gasteiger partial charge in [-0.25, -0.2) is 9.18 Å². The molecule has 1 aliphatic heterocycles. The third-order valence-corrected chi connectivity index (χ3v) is 3.47. The Labute approximate surface area is 163 Å². The number of rotatable bonds is 7. The second-order valence-electron chi connectivity index (χ2n) is 5.27. The SMILES string of the molecule is CCNC(=NCCc1cccc(F)c1)NCCN1C(=O)CNC1=O.I. The third kappa shape index (κ3) is 6.85. The summed E-state index contributed by atoms with van der Waals surface area (Å²) >= 11 is 0. The number of hydrogen-bond donors (Lipinski definition) is 3. The zero-order valence-corrected chi connectivity index (χ0v) is 16.4. The monoisotopic (exact) mass is 463 g/mol. The Hall–Kier alpha value is -1.91. The van der Waals surface area contributed by atoms with E-state index in [2.05, 4.69) is 20.9 Å². The number of imide groups is 1. The Bertz CT molecular complexity index is 610. The molecule has 0 bridgehead atoms. The third-order valence-electron chi connectivity index (χ3n) is 3.47. The van der Waals surface area contributed by atoms with Crippen LogP contribution in [0.25, 0.3) is 0 Å². The van der Waals surface area contributed by atoms with Crippen molar-refractivity contribution in [2.45, 2.75) is 13.3 Å². The maximum absolute atomic E-state index is 13.1. The Kier molecular flexibility index (Phi) is 9.17. The quantitative estimate of drug-likeness (QED) is 0.245. The second kappa shape index (κ2) is 10.9. The van der Waals surface area contributed by atoms with Crippen LogP contribution in [0.5, 0.6) is 0 Å². The lowest BCUT2D eigenvalue weighted by Crippen LogP contribution is -2.43. The average Bonchev–Trinajstić information content (AvgIpc) is 2.87. The van der Waals surface area contributed by atoms with E-state index >= 15 is 0 Å². The van der Waals surface area contributed by atoms with Crippen molar-refractivity contribution in [2.75, 3.05) is 32.7 Å². The molecule has 1 aliphatic rings. The highest BCUT2D eigenvalue weighted by Crippen LogP contribution is 2.04. The van der Waals surface area contributed by atoms with Crippen LogP contribution < -0.4 is 16.0 Å². The number of carbonyl (C=O) groups excluding carboxylic acids is 2. The molecule has 7 nitrogen and oxygen atoms in total. The molecule has 1 saturated heterocycles. The predicted octanol–water partition coefficient (Wildman–Crippen LogP) is 1.09. The minimum atomic E-state index is -0.366. The lowest BCUT2D eigenvalue weighted by Gasteiger charge is -2.15. The van der Waals surface area contributed by atoms with Gasteiger partial charge in [0.25, 0.3) is 0 Å². The molecule has 0 atom stereocenters. The average molecular weight is 463 g/mol. The number of nitrogens with one attached hydrogen (secondary N) is 3. The van der Waals surface area contributed by atoms with Crippen molar-refractivity contribution in [3.63, 3.8) is 0 Å². The molecule has 0 saturated carbocycles. The molecule has 1 fully saturated rings. The summed E-state index contributed by atoms with van der Waals surface area (Å²) in [5.74, 6) is 0.117. The van der Waals surface area contributed by atoms with Crippen LogP contribution in [-0.2, 0) is 11.2 Å². The summed E-state index contributed by atoms with van der Waals surface area (Å²) < 4.78 is 13.1. The number of amides is 3. The molecule has 1 aromatic carbocycles. The molecule has 25 heavy (non-hydrogen) atoms.